The van der Waals surface area contributed by atoms with Crippen molar-refractivity contribution in [1.29, 1.82) is 0 Å². The Hall–Kier alpha value is -3.10. The highest BCUT2D eigenvalue weighted by atomic mass is 16.1. The van der Waals surface area contributed by atoms with E-state index >= 15 is 0 Å². The van der Waals surface area contributed by atoms with E-state index < -0.39 is 0 Å². The Kier molecular flexibility index (Phi) is 3.92. The van der Waals surface area contributed by atoms with Crippen LogP contribution in [0.25, 0.3) is 5.65 Å². The van der Waals surface area contributed by atoms with E-state index in [4.69, 9.17) is 5.10 Å². The van der Waals surface area contributed by atoms with E-state index in [9.17, 15) is 4.79 Å². The van der Waals surface area contributed by atoms with E-state index in [1.165, 1.54) is 19.2 Å². The predicted octanol–water partition coefficient (Wildman–Crippen LogP) is 1.19. The maximum absolute atomic E-state index is 12.2. The summed E-state index contributed by atoms with van der Waals surface area (Å²) in [6.07, 6.45) is 7.05. The maximum atomic E-state index is 12.2. The second-order valence-corrected chi connectivity index (χ2v) is 7.12. The Balaban J connectivity index is 1.24. The molecule has 1 saturated heterocycles. The van der Waals surface area contributed by atoms with E-state index in [0.29, 0.717) is 11.6 Å². The van der Waals surface area contributed by atoms with Crippen molar-refractivity contribution in [2.75, 3.05) is 18.0 Å². The quantitative estimate of drug-likeness (QED) is 0.742. The summed E-state index contributed by atoms with van der Waals surface area (Å²) in [5.41, 5.74) is 1.20. The summed E-state index contributed by atoms with van der Waals surface area (Å²) in [5, 5.41) is 16.3. The van der Waals surface area contributed by atoms with Gasteiger partial charge in [-0.3, -0.25) is 4.79 Å². The molecule has 0 bridgehead atoms. The van der Waals surface area contributed by atoms with Crippen LogP contribution in [0.4, 0.5) is 5.82 Å². The monoisotopic (exact) mass is 364 g/mol. The number of amides is 1. The van der Waals surface area contributed by atoms with Gasteiger partial charge in [-0.25, -0.2) is 9.97 Å². The number of carbonyl (C=O) groups excluding carboxylic acids is 1. The van der Waals surface area contributed by atoms with Crippen molar-refractivity contribution in [3.63, 3.8) is 0 Å². The largest absolute Gasteiger partial charge is 0.355 e. The van der Waals surface area contributed by atoms with Gasteiger partial charge in [0.25, 0.3) is 5.91 Å². The lowest BCUT2D eigenvalue weighted by atomic mass is 10.0. The molecule has 138 valence electrons. The minimum atomic E-state index is -0.144. The van der Waals surface area contributed by atoms with E-state index in [1.54, 1.807) is 12.3 Å². The Morgan fingerprint density at radius 2 is 1.93 bits per heavy atom. The molecule has 0 atom stereocenters. The topological polar surface area (TPSA) is 101 Å². The summed E-state index contributed by atoms with van der Waals surface area (Å²) in [6, 6.07) is 5.75. The standard InChI is InChI=1S/C18H20N8O/c27-18(14-5-8-19-11-20-14)21-13-6-9-25(10-7-13)16-4-3-15-22-23-17(12-1-2-12)26(15)24-16/h3-5,8,11-13H,1-2,6-7,9-10H2,(H,21,27). The molecular weight excluding hydrogens is 344 g/mol. The first-order valence-corrected chi connectivity index (χ1v) is 9.32. The first-order chi connectivity index (χ1) is 13.3. The van der Waals surface area contributed by atoms with Gasteiger partial charge in [-0.1, -0.05) is 0 Å². The summed E-state index contributed by atoms with van der Waals surface area (Å²) in [6.45, 7) is 1.68. The molecule has 1 amide bonds. The van der Waals surface area contributed by atoms with Crippen molar-refractivity contribution in [3.8, 4) is 0 Å². The molecule has 1 N–H and O–H groups in total. The van der Waals surface area contributed by atoms with E-state index in [1.807, 2.05) is 16.6 Å². The highest BCUT2D eigenvalue weighted by Crippen LogP contribution is 2.38. The van der Waals surface area contributed by atoms with Crippen molar-refractivity contribution >= 4 is 17.4 Å². The van der Waals surface area contributed by atoms with Crippen LogP contribution >= 0.6 is 0 Å². The average Bonchev–Trinajstić information content (AvgIpc) is 3.48. The van der Waals surface area contributed by atoms with Crippen molar-refractivity contribution in [3.05, 3.63) is 42.2 Å². The number of hydrogen-bond acceptors (Lipinski definition) is 7. The molecule has 0 unspecified atom stereocenters. The van der Waals surface area contributed by atoms with Crippen molar-refractivity contribution in [2.24, 2.45) is 0 Å². The van der Waals surface area contributed by atoms with E-state index in [2.05, 4.69) is 30.4 Å². The van der Waals surface area contributed by atoms with Crippen LogP contribution in [0.15, 0.2) is 30.7 Å². The molecule has 4 heterocycles. The minimum Gasteiger partial charge on any atom is -0.355 e. The first kappa shape index (κ1) is 16.1. The molecule has 5 rings (SSSR count). The number of fused-ring (bicyclic) bond motifs is 1. The second kappa shape index (κ2) is 6.57. The molecule has 3 aromatic rings. The molecule has 0 aromatic carbocycles. The SMILES string of the molecule is O=C(NC1CCN(c2ccc3nnc(C4CC4)n3n2)CC1)c1ccncn1. The number of piperidine rings is 1. The Morgan fingerprint density at radius 1 is 1.07 bits per heavy atom. The van der Waals surface area contributed by atoms with Gasteiger partial charge in [0.05, 0.1) is 0 Å². The van der Waals surface area contributed by atoms with Crippen molar-refractivity contribution < 1.29 is 4.79 Å². The lowest BCUT2D eigenvalue weighted by Crippen LogP contribution is -2.45. The van der Waals surface area contributed by atoms with Gasteiger partial charge in [0.1, 0.15) is 17.8 Å². The van der Waals surface area contributed by atoms with Gasteiger partial charge in [-0.15, -0.1) is 15.3 Å². The smallest absolute Gasteiger partial charge is 0.270 e. The summed E-state index contributed by atoms with van der Waals surface area (Å²) in [5.74, 6) is 2.27. The molecule has 1 aliphatic carbocycles. The number of nitrogens with zero attached hydrogens (tertiary/aromatic N) is 7. The van der Waals surface area contributed by atoms with Gasteiger partial charge in [0.15, 0.2) is 11.5 Å². The summed E-state index contributed by atoms with van der Waals surface area (Å²) in [7, 11) is 0. The fraction of sp³-hybridized carbons (Fsp3) is 0.444. The number of aromatic nitrogens is 6. The summed E-state index contributed by atoms with van der Waals surface area (Å²) >= 11 is 0. The zero-order valence-corrected chi connectivity index (χ0v) is 14.8. The number of hydrogen-bond donors (Lipinski definition) is 1. The molecule has 2 fully saturated rings. The summed E-state index contributed by atoms with van der Waals surface area (Å²) < 4.78 is 1.88. The van der Waals surface area contributed by atoms with Gasteiger partial charge in [-0.05, 0) is 43.9 Å². The van der Waals surface area contributed by atoms with Crippen LogP contribution in [0, 0.1) is 0 Å². The van der Waals surface area contributed by atoms with E-state index in [-0.39, 0.29) is 11.9 Å². The molecule has 3 aromatic heterocycles. The molecule has 2 aliphatic rings. The zero-order valence-electron chi connectivity index (χ0n) is 14.8. The van der Waals surface area contributed by atoms with Crippen LogP contribution in [0.1, 0.15) is 47.9 Å². The van der Waals surface area contributed by atoms with Crippen LogP contribution < -0.4 is 10.2 Å². The van der Waals surface area contributed by atoms with Crippen molar-refractivity contribution in [2.45, 2.75) is 37.6 Å². The lowest BCUT2D eigenvalue weighted by molar-refractivity contribution is 0.0926. The van der Waals surface area contributed by atoms with Crippen molar-refractivity contribution in [1.82, 2.24) is 35.1 Å². The molecular formula is C18H20N8O. The molecule has 1 aliphatic heterocycles. The normalized spacial score (nSPS) is 18.0. The first-order valence-electron chi connectivity index (χ1n) is 9.32. The fourth-order valence-corrected chi connectivity index (χ4v) is 3.50. The Morgan fingerprint density at radius 3 is 2.67 bits per heavy atom. The number of rotatable bonds is 4. The number of anilines is 1. The molecule has 27 heavy (non-hydrogen) atoms. The third-order valence-electron chi connectivity index (χ3n) is 5.18. The molecule has 1 saturated carbocycles. The Labute approximate surface area is 155 Å². The average molecular weight is 364 g/mol. The van der Waals surface area contributed by atoms with Gasteiger partial charge in [0, 0.05) is 31.2 Å². The lowest BCUT2D eigenvalue weighted by Gasteiger charge is -2.33. The predicted molar refractivity (Wildman–Crippen MR) is 97.5 cm³/mol. The van der Waals surface area contributed by atoms with Gasteiger partial charge in [0.2, 0.25) is 0 Å². The van der Waals surface area contributed by atoms with Crippen LogP contribution in [-0.4, -0.2) is 54.8 Å². The van der Waals surface area contributed by atoms with Gasteiger partial charge in [-0.2, -0.15) is 4.52 Å². The highest BCUT2D eigenvalue weighted by Gasteiger charge is 2.30. The molecule has 9 heteroatoms. The number of nitrogens with one attached hydrogen (secondary N) is 1. The van der Waals surface area contributed by atoms with Crippen LogP contribution in [0.2, 0.25) is 0 Å². The fourth-order valence-electron chi connectivity index (χ4n) is 3.50. The summed E-state index contributed by atoms with van der Waals surface area (Å²) in [4.78, 5) is 22.3. The maximum Gasteiger partial charge on any atom is 0.270 e. The molecule has 9 nitrogen and oxygen atoms in total. The van der Waals surface area contributed by atoms with Gasteiger partial charge >= 0.3 is 0 Å². The number of carbonyl (C=O) groups is 1. The van der Waals surface area contributed by atoms with Crippen LogP contribution in [0.5, 0.6) is 0 Å². The van der Waals surface area contributed by atoms with Crippen LogP contribution in [0.3, 0.4) is 0 Å². The second-order valence-electron chi connectivity index (χ2n) is 7.12. The Bertz CT molecular complexity index is 960. The zero-order chi connectivity index (χ0) is 18.2. The third kappa shape index (κ3) is 3.20. The highest BCUT2D eigenvalue weighted by molar-refractivity contribution is 5.92. The van der Waals surface area contributed by atoms with Gasteiger partial charge < -0.3 is 10.2 Å². The van der Waals surface area contributed by atoms with E-state index in [0.717, 1.165) is 43.2 Å². The molecule has 0 radical (unpaired) electrons. The molecule has 0 spiro atoms. The minimum absolute atomic E-state index is 0.143. The van der Waals surface area contributed by atoms with Crippen LogP contribution in [-0.2, 0) is 0 Å². The third-order valence-corrected chi connectivity index (χ3v) is 5.18.